The molecule has 0 aliphatic heterocycles. The van der Waals surface area contributed by atoms with Crippen molar-refractivity contribution in [2.24, 2.45) is 7.05 Å². The van der Waals surface area contributed by atoms with Crippen LogP contribution < -0.4 is 0 Å². The zero-order chi connectivity index (χ0) is 26.4. The molecule has 1 aliphatic carbocycles. The van der Waals surface area contributed by atoms with Crippen LogP contribution in [0.25, 0.3) is 33.5 Å². The Hall–Kier alpha value is -4.19. The molecule has 2 aromatic heterocycles. The highest BCUT2D eigenvalue weighted by Gasteiger charge is 2.22. The molecule has 38 heavy (non-hydrogen) atoms. The van der Waals surface area contributed by atoms with Gasteiger partial charge in [-0.3, -0.25) is 0 Å². The summed E-state index contributed by atoms with van der Waals surface area (Å²) in [4.78, 5) is 21.8. The molecule has 0 atom stereocenters. The maximum Gasteiger partial charge on any atom is 0.336 e. The quantitative estimate of drug-likeness (QED) is 0.271. The second kappa shape index (κ2) is 9.60. The number of carbonyl (C=O) groups is 1. The van der Waals surface area contributed by atoms with Gasteiger partial charge in [0.15, 0.2) is 0 Å². The summed E-state index contributed by atoms with van der Waals surface area (Å²) in [6, 6.07) is 19.8. The van der Waals surface area contributed by atoms with Crippen LogP contribution in [0, 0.1) is 6.92 Å². The standard InChI is InChI=1S/C32H32N4O2/c1-4-8-29-34-30-20(2)17-23(31-33-26-11-7-12-27(26)35(31)3)18-28(30)36(29)19-21-13-15-22(16-14-21)24-9-5-6-10-25(24)32(37)38/h5-6,9-10,13-18H,4,7-8,11-12,19H2,1-3H3,(H,37,38). The van der Waals surface area contributed by atoms with Crippen molar-refractivity contribution in [2.45, 2.75) is 52.5 Å². The molecule has 1 N–H and O–H groups in total. The monoisotopic (exact) mass is 504 g/mol. The number of fused-ring (bicyclic) bond motifs is 2. The number of aromatic nitrogens is 4. The first kappa shape index (κ1) is 24.2. The topological polar surface area (TPSA) is 72.9 Å². The molecule has 0 spiro atoms. The Balaban J connectivity index is 1.40. The van der Waals surface area contributed by atoms with Crippen LogP contribution in [0.2, 0.25) is 0 Å². The molecule has 5 aromatic rings. The van der Waals surface area contributed by atoms with Gasteiger partial charge in [0, 0.05) is 31.3 Å². The number of nitrogens with zero attached hydrogens (tertiary/aromatic N) is 4. The van der Waals surface area contributed by atoms with E-state index in [0.29, 0.717) is 12.1 Å². The molecule has 3 aromatic carbocycles. The van der Waals surface area contributed by atoms with Crippen molar-refractivity contribution in [2.75, 3.05) is 0 Å². The van der Waals surface area contributed by atoms with Gasteiger partial charge in [-0.2, -0.15) is 0 Å². The van der Waals surface area contributed by atoms with E-state index in [0.717, 1.165) is 76.2 Å². The minimum Gasteiger partial charge on any atom is -0.478 e. The lowest BCUT2D eigenvalue weighted by Gasteiger charge is -2.12. The number of rotatable bonds is 7. The molecular weight excluding hydrogens is 472 g/mol. The molecule has 0 saturated carbocycles. The fourth-order valence-corrected chi connectivity index (χ4v) is 5.84. The number of aryl methyl sites for hydroxylation is 3. The van der Waals surface area contributed by atoms with E-state index in [4.69, 9.17) is 9.97 Å². The Kier molecular flexibility index (Phi) is 6.10. The average molecular weight is 505 g/mol. The van der Waals surface area contributed by atoms with Crippen molar-refractivity contribution in [3.8, 4) is 22.5 Å². The molecule has 192 valence electrons. The summed E-state index contributed by atoms with van der Waals surface area (Å²) in [6.07, 6.45) is 5.29. The number of hydrogen-bond donors (Lipinski definition) is 1. The minimum atomic E-state index is -0.914. The van der Waals surface area contributed by atoms with Gasteiger partial charge in [-0.25, -0.2) is 14.8 Å². The van der Waals surface area contributed by atoms with Crippen LogP contribution in [0.15, 0.2) is 60.7 Å². The van der Waals surface area contributed by atoms with Crippen molar-refractivity contribution in [1.29, 1.82) is 0 Å². The predicted molar refractivity (Wildman–Crippen MR) is 151 cm³/mol. The van der Waals surface area contributed by atoms with Crippen LogP contribution in [0.5, 0.6) is 0 Å². The summed E-state index contributed by atoms with van der Waals surface area (Å²) in [5, 5.41) is 9.60. The van der Waals surface area contributed by atoms with E-state index in [9.17, 15) is 9.90 Å². The van der Waals surface area contributed by atoms with Gasteiger partial charge < -0.3 is 14.2 Å². The highest BCUT2D eigenvalue weighted by molar-refractivity contribution is 5.96. The zero-order valence-corrected chi connectivity index (χ0v) is 22.2. The Labute approximate surface area is 222 Å². The number of imidazole rings is 2. The Morgan fingerprint density at radius 1 is 1.00 bits per heavy atom. The summed E-state index contributed by atoms with van der Waals surface area (Å²) in [5.41, 5.74) is 10.2. The van der Waals surface area contributed by atoms with Gasteiger partial charge in [-0.05, 0) is 73.1 Å². The molecule has 6 nitrogen and oxygen atoms in total. The maximum atomic E-state index is 11.7. The van der Waals surface area contributed by atoms with Crippen molar-refractivity contribution < 1.29 is 9.90 Å². The molecule has 1 aliphatic rings. The SMILES string of the molecule is CCCc1nc2c(C)cc(-c3nc4c(n3C)CCC4)cc2n1Cc1ccc(-c2ccccc2C(=O)O)cc1. The lowest BCUT2D eigenvalue weighted by Crippen LogP contribution is -2.05. The molecule has 0 radical (unpaired) electrons. The summed E-state index contributed by atoms with van der Waals surface area (Å²) in [7, 11) is 2.13. The van der Waals surface area contributed by atoms with Crippen molar-refractivity contribution in [3.05, 3.63) is 94.6 Å². The van der Waals surface area contributed by atoms with Crippen LogP contribution in [-0.2, 0) is 32.9 Å². The average Bonchev–Trinajstić information content (AvgIpc) is 3.60. The molecule has 6 rings (SSSR count). The van der Waals surface area contributed by atoms with E-state index < -0.39 is 5.97 Å². The Bertz CT molecular complexity index is 1670. The van der Waals surface area contributed by atoms with E-state index in [2.05, 4.69) is 54.3 Å². The normalized spacial score (nSPS) is 12.8. The van der Waals surface area contributed by atoms with Crippen molar-refractivity contribution >= 4 is 17.0 Å². The second-order valence-electron chi connectivity index (χ2n) is 10.3. The number of carboxylic acid groups (broad SMARTS) is 1. The summed E-state index contributed by atoms with van der Waals surface area (Å²) in [6.45, 7) is 5.03. The third-order valence-corrected chi connectivity index (χ3v) is 7.74. The van der Waals surface area contributed by atoms with E-state index in [1.807, 2.05) is 24.3 Å². The fraction of sp³-hybridized carbons (Fsp3) is 0.281. The van der Waals surface area contributed by atoms with Crippen LogP contribution in [0.4, 0.5) is 0 Å². The molecule has 0 saturated heterocycles. The largest absolute Gasteiger partial charge is 0.478 e. The lowest BCUT2D eigenvalue weighted by molar-refractivity contribution is 0.0697. The number of hydrogen-bond acceptors (Lipinski definition) is 3. The summed E-state index contributed by atoms with van der Waals surface area (Å²) < 4.78 is 4.61. The van der Waals surface area contributed by atoms with Crippen LogP contribution in [-0.4, -0.2) is 30.2 Å². The first-order valence-corrected chi connectivity index (χ1v) is 13.4. The van der Waals surface area contributed by atoms with Crippen LogP contribution >= 0.6 is 0 Å². The Morgan fingerprint density at radius 3 is 2.53 bits per heavy atom. The molecule has 0 amide bonds. The van der Waals surface area contributed by atoms with Crippen molar-refractivity contribution in [3.63, 3.8) is 0 Å². The van der Waals surface area contributed by atoms with E-state index in [1.54, 1.807) is 12.1 Å². The first-order chi connectivity index (χ1) is 18.4. The maximum absolute atomic E-state index is 11.7. The van der Waals surface area contributed by atoms with Gasteiger partial charge in [-0.1, -0.05) is 49.4 Å². The molecule has 2 heterocycles. The summed E-state index contributed by atoms with van der Waals surface area (Å²) >= 11 is 0. The van der Waals surface area contributed by atoms with Gasteiger partial charge in [0.2, 0.25) is 0 Å². The van der Waals surface area contributed by atoms with Crippen LogP contribution in [0.1, 0.15) is 58.5 Å². The minimum absolute atomic E-state index is 0.314. The second-order valence-corrected chi connectivity index (χ2v) is 10.3. The molecule has 0 unspecified atom stereocenters. The lowest BCUT2D eigenvalue weighted by atomic mass is 9.98. The van der Waals surface area contributed by atoms with Gasteiger partial charge >= 0.3 is 5.97 Å². The number of aromatic carboxylic acids is 1. The smallest absolute Gasteiger partial charge is 0.336 e. The van der Waals surface area contributed by atoms with Crippen LogP contribution in [0.3, 0.4) is 0 Å². The first-order valence-electron chi connectivity index (χ1n) is 13.4. The molecule has 0 bridgehead atoms. The highest BCUT2D eigenvalue weighted by atomic mass is 16.4. The van der Waals surface area contributed by atoms with Gasteiger partial charge in [0.25, 0.3) is 0 Å². The fourth-order valence-electron chi connectivity index (χ4n) is 5.84. The third kappa shape index (κ3) is 4.10. The molecule has 6 heteroatoms. The van der Waals surface area contributed by atoms with Gasteiger partial charge in [0.05, 0.1) is 22.3 Å². The number of carboxylic acids is 1. The van der Waals surface area contributed by atoms with E-state index >= 15 is 0 Å². The predicted octanol–water partition coefficient (Wildman–Crippen LogP) is 6.60. The third-order valence-electron chi connectivity index (χ3n) is 7.74. The zero-order valence-electron chi connectivity index (χ0n) is 22.2. The Morgan fingerprint density at radius 2 is 1.79 bits per heavy atom. The van der Waals surface area contributed by atoms with Gasteiger partial charge in [-0.15, -0.1) is 0 Å². The van der Waals surface area contributed by atoms with E-state index in [-0.39, 0.29) is 0 Å². The van der Waals surface area contributed by atoms with E-state index in [1.165, 1.54) is 17.8 Å². The highest BCUT2D eigenvalue weighted by Crippen LogP contribution is 2.32. The summed E-state index contributed by atoms with van der Waals surface area (Å²) in [5.74, 6) is 1.21. The number of benzene rings is 3. The van der Waals surface area contributed by atoms with Gasteiger partial charge in [0.1, 0.15) is 11.6 Å². The van der Waals surface area contributed by atoms with Crippen molar-refractivity contribution in [1.82, 2.24) is 19.1 Å². The molecular formula is C32H32N4O2. The molecule has 0 fully saturated rings.